The van der Waals surface area contributed by atoms with E-state index < -0.39 is 0 Å². The van der Waals surface area contributed by atoms with Gasteiger partial charge >= 0.3 is 0 Å². The monoisotopic (exact) mass is 260 g/mol. The van der Waals surface area contributed by atoms with Gasteiger partial charge in [0.1, 0.15) is 5.75 Å². The molecule has 0 aliphatic rings. The highest BCUT2D eigenvalue weighted by molar-refractivity contribution is 6.33. The molecule has 3 heteroatoms. The summed E-state index contributed by atoms with van der Waals surface area (Å²) in [6.07, 6.45) is 0.753. The standard InChI is InChI=1S/C15H13ClO2/c1-2-18-14-5-3-4-11(8-14)12-6-7-13(10-17)15(16)9-12/h3-10H,2H2,1H3. The van der Waals surface area contributed by atoms with Gasteiger partial charge in [-0.05, 0) is 42.3 Å². The fourth-order valence-electron chi connectivity index (χ4n) is 1.73. The highest BCUT2D eigenvalue weighted by atomic mass is 35.5. The van der Waals surface area contributed by atoms with Gasteiger partial charge in [0.2, 0.25) is 0 Å². The zero-order valence-corrected chi connectivity index (χ0v) is 10.8. The topological polar surface area (TPSA) is 26.3 Å². The van der Waals surface area contributed by atoms with E-state index in [1.54, 1.807) is 12.1 Å². The first-order chi connectivity index (χ1) is 8.74. The molecule has 2 aromatic rings. The van der Waals surface area contributed by atoms with Crippen LogP contribution in [0.5, 0.6) is 5.75 Å². The summed E-state index contributed by atoms with van der Waals surface area (Å²) < 4.78 is 5.45. The van der Waals surface area contributed by atoms with Crippen molar-refractivity contribution >= 4 is 17.9 Å². The second-order valence-electron chi connectivity index (χ2n) is 3.81. The largest absolute Gasteiger partial charge is 0.494 e. The van der Waals surface area contributed by atoms with Gasteiger partial charge in [-0.3, -0.25) is 4.79 Å². The van der Waals surface area contributed by atoms with Crippen LogP contribution in [0.25, 0.3) is 11.1 Å². The molecule has 0 saturated carbocycles. The number of hydrogen-bond donors (Lipinski definition) is 0. The fourth-order valence-corrected chi connectivity index (χ4v) is 1.96. The van der Waals surface area contributed by atoms with E-state index in [4.69, 9.17) is 16.3 Å². The second kappa shape index (κ2) is 5.69. The van der Waals surface area contributed by atoms with E-state index in [0.29, 0.717) is 17.2 Å². The lowest BCUT2D eigenvalue weighted by Gasteiger charge is -2.07. The van der Waals surface area contributed by atoms with Crippen molar-refractivity contribution in [1.82, 2.24) is 0 Å². The van der Waals surface area contributed by atoms with E-state index >= 15 is 0 Å². The Morgan fingerprint density at radius 2 is 1.94 bits per heavy atom. The lowest BCUT2D eigenvalue weighted by Crippen LogP contribution is -1.91. The normalized spacial score (nSPS) is 10.1. The minimum atomic E-state index is 0.462. The third-order valence-electron chi connectivity index (χ3n) is 2.61. The highest BCUT2D eigenvalue weighted by Gasteiger charge is 2.04. The minimum absolute atomic E-state index is 0.462. The number of carbonyl (C=O) groups is 1. The van der Waals surface area contributed by atoms with Crippen LogP contribution in [0.15, 0.2) is 42.5 Å². The van der Waals surface area contributed by atoms with Gasteiger partial charge in [-0.15, -0.1) is 0 Å². The molecule has 0 aliphatic heterocycles. The zero-order valence-electron chi connectivity index (χ0n) is 10.0. The number of halogens is 1. The molecular formula is C15H13ClO2. The number of ether oxygens (including phenoxy) is 1. The molecule has 0 saturated heterocycles. The second-order valence-corrected chi connectivity index (χ2v) is 4.22. The van der Waals surface area contributed by atoms with Crippen molar-refractivity contribution in [2.45, 2.75) is 6.92 Å². The first kappa shape index (κ1) is 12.7. The van der Waals surface area contributed by atoms with Crippen LogP contribution >= 0.6 is 11.6 Å². The van der Waals surface area contributed by atoms with Crippen molar-refractivity contribution in [2.75, 3.05) is 6.61 Å². The molecule has 2 aromatic carbocycles. The number of hydrogen-bond acceptors (Lipinski definition) is 2. The third kappa shape index (κ3) is 2.71. The predicted octanol–water partition coefficient (Wildman–Crippen LogP) is 4.22. The zero-order chi connectivity index (χ0) is 13.0. The summed E-state index contributed by atoms with van der Waals surface area (Å²) in [5.74, 6) is 0.825. The van der Waals surface area contributed by atoms with Crippen LogP contribution in [0.1, 0.15) is 17.3 Å². The average Bonchev–Trinajstić information content (AvgIpc) is 2.39. The van der Waals surface area contributed by atoms with Gasteiger partial charge in [0.25, 0.3) is 0 Å². The van der Waals surface area contributed by atoms with Crippen molar-refractivity contribution in [3.05, 3.63) is 53.1 Å². The van der Waals surface area contributed by atoms with Gasteiger partial charge < -0.3 is 4.74 Å². The van der Waals surface area contributed by atoms with Crippen LogP contribution in [-0.2, 0) is 0 Å². The maximum absolute atomic E-state index is 10.7. The van der Waals surface area contributed by atoms with Crippen LogP contribution in [0, 0.1) is 0 Å². The molecule has 2 rings (SSSR count). The van der Waals surface area contributed by atoms with E-state index in [0.717, 1.165) is 23.2 Å². The summed E-state index contributed by atoms with van der Waals surface area (Å²) >= 11 is 6.02. The van der Waals surface area contributed by atoms with E-state index in [1.165, 1.54) is 0 Å². The molecule has 0 spiro atoms. The van der Waals surface area contributed by atoms with E-state index in [9.17, 15) is 4.79 Å². The number of benzene rings is 2. The molecule has 0 aromatic heterocycles. The molecule has 0 fully saturated rings. The Bertz CT molecular complexity index is 564. The molecule has 0 atom stereocenters. The summed E-state index contributed by atoms with van der Waals surface area (Å²) in [5, 5.41) is 0.462. The van der Waals surface area contributed by atoms with Crippen molar-refractivity contribution in [3.63, 3.8) is 0 Å². The molecule has 0 heterocycles. The van der Waals surface area contributed by atoms with Crippen LogP contribution < -0.4 is 4.74 Å². The number of rotatable bonds is 4. The van der Waals surface area contributed by atoms with E-state index in [-0.39, 0.29) is 0 Å². The van der Waals surface area contributed by atoms with E-state index in [2.05, 4.69) is 0 Å². The molecule has 0 bridgehead atoms. The van der Waals surface area contributed by atoms with Crippen LogP contribution in [0.2, 0.25) is 5.02 Å². The van der Waals surface area contributed by atoms with Gasteiger partial charge in [0, 0.05) is 5.56 Å². The molecule has 0 aliphatic carbocycles. The van der Waals surface area contributed by atoms with Gasteiger partial charge in [-0.1, -0.05) is 29.8 Å². The third-order valence-corrected chi connectivity index (χ3v) is 2.93. The quantitative estimate of drug-likeness (QED) is 0.770. The van der Waals surface area contributed by atoms with Gasteiger partial charge in [-0.2, -0.15) is 0 Å². The molecule has 2 nitrogen and oxygen atoms in total. The molecule has 18 heavy (non-hydrogen) atoms. The maximum Gasteiger partial charge on any atom is 0.151 e. The summed E-state index contributed by atoms with van der Waals surface area (Å²) in [7, 11) is 0. The molecular weight excluding hydrogens is 248 g/mol. The maximum atomic E-state index is 10.7. The molecule has 0 amide bonds. The van der Waals surface area contributed by atoms with Crippen LogP contribution in [-0.4, -0.2) is 12.9 Å². The summed E-state index contributed by atoms with van der Waals surface area (Å²) in [5.41, 5.74) is 2.48. The highest BCUT2D eigenvalue weighted by Crippen LogP contribution is 2.27. The van der Waals surface area contributed by atoms with Gasteiger partial charge in [0.05, 0.1) is 11.6 Å². The molecule has 0 unspecified atom stereocenters. The summed E-state index contributed by atoms with van der Waals surface area (Å²) in [6.45, 7) is 2.58. The van der Waals surface area contributed by atoms with E-state index in [1.807, 2.05) is 37.3 Å². The summed E-state index contributed by atoms with van der Waals surface area (Å²) in [6, 6.07) is 13.2. The van der Waals surface area contributed by atoms with Crippen molar-refractivity contribution in [3.8, 4) is 16.9 Å². The Hall–Kier alpha value is -1.80. The minimum Gasteiger partial charge on any atom is -0.494 e. The SMILES string of the molecule is CCOc1cccc(-c2ccc(C=O)c(Cl)c2)c1. The van der Waals surface area contributed by atoms with Gasteiger partial charge in [-0.25, -0.2) is 0 Å². The van der Waals surface area contributed by atoms with Crippen LogP contribution in [0.4, 0.5) is 0 Å². The van der Waals surface area contributed by atoms with Crippen molar-refractivity contribution < 1.29 is 9.53 Å². The summed E-state index contributed by atoms with van der Waals surface area (Å²) in [4.78, 5) is 10.7. The Labute approximate surface area is 111 Å². The Balaban J connectivity index is 2.39. The lowest BCUT2D eigenvalue weighted by molar-refractivity contribution is 0.112. The van der Waals surface area contributed by atoms with Crippen molar-refractivity contribution in [1.29, 1.82) is 0 Å². The fraction of sp³-hybridized carbons (Fsp3) is 0.133. The first-order valence-electron chi connectivity index (χ1n) is 5.72. The van der Waals surface area contributed by atoms with Crippen LogP contribution in [0.3, 0.4) is 0 Å². The Kier molecular flexibility index (Phi) is 4.00. The van der Waals surface area contributed by atoms with Crippen molar-refractivity contribution in [2.24, 2.45) is 0 Å². The average molecular weight is 261 g/mol. The molecule has 92 valence electrons. The first-order valence-corrected chi connectivity index (χ1v) is 6.10. The number of carbonyl (C=O) groups excluding carboxylic acids is 1. The smallest absolute Gasteiger partial charge is 0.151 e. The Morgan fingerprint density at radius 1 is 1.17 bits per heavy atom. The number of aldehydes is 1. The lowest BCUT2D eigenvalue weighted by atomic mass is 10.0. The predicted molar refractivity (Wildman–Crippen MR) is 73.4 cm³/mol. The Morgan fingerprint density at radius 3 is 2.61 bits per heavy atom. The molecule has 0 radical (unpaired) electrons. The van der Waals surface area contributed by atoms with Gasteiger partial charge in [0.15, 0.2) is 6.29 Å². The molecule has 0 N–H and O–H groups in total.